The first-order valence-electron chi connectivity index (χ1n) is 16.7. The van der Waals surface area contributed by atoms with Crippen LogP contribution in [0.15, 0.2) is 28.5 Å². The second-order valence-corrected chi connectivity index (χ2v) is 14.2. The van der Waals surface area contributed by atoms with E-state index in [0.29, 0.717) is 23.5 Å². The highest BCUT2D eigenvalue weighted by atomic mass is 16.7. The smallest absolute Gasteiger partial charge is 0.408 e. The number of carbonyl (C=O) groups excluding carboxylic acids is 4. The Kier molecular flexibility index (Phi) is 10.3. The number of nitrogens with zero attached hydrogens (tertiary/aromatic N) is 3. The van der Waals surface area contributed by atoms with Crippen molar-refractivity contribution in [3.63, 3.8) is 0 Å². The van der Waals surface area contributed by atoms with Crippen molar-refractivity contribution in [2.24, 2.45) is 0 Å². The van der Waals surface area contributed by atoms with Gasteiger partial charge in [0.05, 0.1) is 32.4 Å². The SMILES string of the molecule is COCOc1c(OC)c(C)cc2c1[C@H]1C3CC4=C(C(=O)C(OC)=C(C)C4=O)[C@H](CNC(=O)[C@H](C)NC(=O)OC(C)(C)C)N3C(C#N)[C@H](C2)N1C. The topological polar surface area (TPSA) is 169 Å². The molecule has 0 saturated carbocycles. The van der Waals surface area contributed by atoms with E-state index in [2.05, 4.69) is 27.7 Å². The fourth-order valence-electron chi connectivity index (χ4n) is 7.95. The molecule has 6 atom stereocenters. The summed E-state index contributed by atoms with van der Waals surface area (Å²) >= 11 is 0. The van der Waals surface area contributed by atoms with E-state index >= 15 is 0 Å². The van der Waals surface area contributed by atoms with Crippen molar-refractivity contribution in [1.82, 2.24) is 20.4 Å². The molecule has 1 fully saturated rings. The van der Waals surface area contributed by atoms with Crippen molar-refractivity contribution in [1.29, 1.82) is 5.26 Å². The average Bonchev–Trinajstić information content (AvgIpc) is 3.04. The van der Waals surface area contributed by atoms with Gasteiger partial charge in [0.25, 0.3) is 0 Å². The van der Waals surface area contributed by atoms with Crippen LogP contribution < -0.4 is 20.1 Å². The minimum absolute atomic E-state index is 0.0302. The molecular weight excluding hydrogens is 646 g/mol. The lowest BCUT2D eigenvalue weighted by molar-refractivity contribution is -0.125. The molecule has 0 aromatic heterocycles. The Balaban J connectivity index is 1.62. The summed E-state index contributed by atoms with van der Waals surface area (Å²) in [5.74, 6) is -0.298. The number of amides is 2. The molecule has 50 heavy (non-hydrogen) atoms. The third-order valence-corrected chi connectivity index (χ3v) is 9.96. The number of alkyl carbamates (subject to hydrolysis) is 1. The van der Waals surface area contributed by atoms with Crippen molar-refractivity contribution in [2.45, 2.75) is 96.2 Å². The van der Waals surface area contributed by atoms with Crippen LogP contribution in [0.4, 0.5) is 4.79 Å². The van der Waals surface area contributed by atoms with Crippen molar-refractivity contribution >= 4 is 23.6 Å². The number of hydrogen-bond donors (Lipinski definition) is 2. The number of methoxy groups -OCH3 is 3. The van der Waals surface area contributed by atoms with E-state index in [9.17, 15) is 24.4 Å². The Morgan fingerprint density at radius 3 is 2.36 bits per heavy atom. The van der Waals surface area contributed by atoms with Crippen molar-refractivity contribution < 1.29 is 42.9 Å². The lowest BCUT2D eigenvalue weighted by Crippen LogP contribution is -2.71. The minimum Gasteiger partial charge on any atom is -0.493 e. The number of nitriles is 1. The molecule has 5 rings (SSSR count). The normalized spacial score (nSPS) is 25.5. The second-order valence-electron chi connectivity index (χ2n) is 14.2. The monoisotopic (exact) mass is 693 g/mol. The predicted molar refractivity (Wildman–Crippen MR) is 180 cm³/mol. The summed E-state index contributed by atoms with van der Waals surface area (Å²) < 4.78 is 28.1. The molecule has 14 nitrogen and oxygen atoms in total. The lowest BCUT2D eigenvalue weighted by Gasteiger charge is -2.60. The third kappa shape index (κ3) is 6.34. The lowest BCUT2D eigenvalue weighted by atomic mass is 9.69. The van der Waals surface area contributed by atoms with Gasteiger partial charge in [-0.25, -0.2) is 4.79 Å². The predicted octanol–water partition coefficient (Wildman–Crippen LogP) is 2.63. The van der Waals surface area contributed by atoms with Gasteiger partial charge in [0, 0.05) is 48.0 Å². The molecular formula is C36H47N5O9. The summed E-state index contributed by atoms with van der Waals surface area (Å²) in [7, 11) is 6.41. The molecule has 1 saturated heterocycles. The summed E-state index contributed by atoms with van der Waals surface area (Å²) in [6.45, 7) is 10.0. The number of nitrogens with one attached hydrogen (secondary N) is 2. The molecule has 0 radical (unpaired) electrons. The highest BCUT2D eigenvalue weighted by molar-refractivity contribution is 6.25. The number of fused-ring (bicyclic) bond motifs is 6. The van der Waals surface area contributed by atoms with Gasteiger partial charge in [0.1, 0.15) is 17.7 Å². The molecule has 270 valence electrons. The van der Waals surface area contributed by atoms with Crippen molar-refractivity contribution in [3.8, 4) is 17.6 Å². The molecule has 14 heteroatoms. The molecule has 2 bridgehead atoms. The van der Waals surface area contributed by atoms with E-state index in [1.54, 1.807) is 34.8 Å². The van der Waals surface area contributed by atoms with Gasteiger partial charge in [0.15, 0.2) is 29.8 Å². The molecule has 2 unspecified atom stereocenters. The number of likely N-dealkylation sites (N-methyl/N-ethyl adjacent to an activating group) is 1. The maximum atomic E-state index is 14.1. The largest absolute Gasteiger partial charge is 0.493 e. The van der Waals surface area contributed by atoms with E-state index < -0.39 is 53.6 Å². The number of aryl methyl sites for hydroxylation is 1. The standard InChI is InChI=1S/C36H47N5O9/c1-17-11-20-12-22-24(14-37)41-23(28(40(22)7)26(20)33(31(17)47-9)49-16-46-8)13-21-27(30(43)32(48-10)18(2)29(21)42)25(41)15-38-34(44)19(3)39-35(45)50-36(4,5)6/h11,19,22-25,28H,12-13,15-16H2,1-10H3,(H,38,44)(H,39,45)/t19-,22-,23?,24?,25-,28+/m0/s1. The van der Waals surface area contributed by atoms with E-state index in [4.69, 9.17) is 23.7 Å². The van der Waals surface area contributed by atoms with E-state index in [-0.39, 0.29) is 48.5 Å². The summed E-state index contributed by atoms with van der Waals surface area (Å²) in [5.41, 5.74) is 2.68. The molecule has 2 N–H and O–H groups in total. The number of ketones is 2. The highest BCUT2D eigenvalue weighted by Crippen LogP contribution is 2.54. The number of Topliss-reactive ketones (excluding diaryl/α,β-unsaturated/α-hetero) is 2. The van der Waals surface area contributed by atoms with Crippen LogP contribution in [0.25, 0.3) is 0 Å². The van der Waals surface area contributed by atoms with Gasteiger partial charge >= 0.3 is 6.09 Å². The number of piperazine rings is 1. The zero-order valence-corrected chi connectivity index (χ0v) is 30.4. The molecule has 3 aliphatic heterocycles. The molecule has 1 aromatic carbocycles. The Hall–Kier alpha value is -4.45. The van der Waals surface area contributed by atoms with Crippen LogP contribution in [0.2, 0.25) is 0 Å². The Bertz CT molecular complexity index is 1700. The van der Waals surface area contributed by atoms with E-state index in [1.807, 2.05) is 18.9 Å². The van der Waals surface area contributed by atoms with Crippen LogP contribution in [-0.2, 0) is 35.0 Å². The van der Waals surface area contributed by atoms with Crippen LogP contribution in [-0.4, -0.2) is 111 Å². The van der Waals surface area contributed by atoms with Crippen LogP contribution >= 0.6 is 0 Å². The van der Waals surface area contributed by atoms with Gasteiger partial charge in [0.2, 0.25) is 11.7 Å². The zero-order valence-electron chi connectivity index (χ0n) is 30.4. The summed E-state index contributed by atoms with van der Waals surface area (Å²) in [6.07, 6.45) is -0.0997. The Morgan fingerprint density at radius 1 is 1.06 bits per heavy atom. The third-order valence-electron chi connectivity index (χ3n) is 9.96. The minimum atomic E-state index is -0.986. The van der Waals surface area contributed by atoms with Crippen LogP contribution in [0, 0.1) is 18.3 Å². The number of rotatable bonds is 9. The van der Waals surface area contributed by atoms with Crippen molar-refractivity contribution in [3.05, 3.63) is 45.2 Å². The molecule has 2 amide bonds. The maximum absolute atomic E-state index is 14.1. The van der Waals surface area contributed by atoms with E-state index in [1.165, 1.54) is 21.1 Å². The van der Waals surface area contributed by atoms with Crippen LogP contribution in [0.1, 0.15) is 63.8 Å². The average molecular weight is 694 g/mol. The van der Waals surface area contributed by atoms with Gasteiger partial charge in [-0.2, -0.15) is 5.26 Å². The summed E-state index contributed by atoms with van der Waals surface area (Å²) in [5, 5.41) is 16.2. The first kappa shape index (κ1) is 36.8. The Labute approximate surface area is 292 Å². The van der Waals surface area contributed by atoms with Crippen LogP contribution in [0.3, 0.4) is 0 Å². The van der Waals surface area contributed by atoms with E-state index in [0.717, 1.165) is 16.7 Å². The fourth-order valence-corrected chi connectivity index (χ4v) is 7.95. The van der Waals surface area contributed by atoms with Gasteiger partial charge in [-0.1, -0.05) is 6.07 Å². The quantitative estimate of drug-likeness (QED) is 0.287. The fraction of sp³-hybridized carbons (Fsp3) is 0.583. The number of carbonyl (C=O) groups is 4. The highest BCUT2D eigenvalue weighted by Gasteiger charge is 2.58. The number of allylic oxidation sites excluding steroid dienone is 2. The molecule has 0 spiro atoms. The molecule has 4 aliphatic rings. The van der Waals surface area contributed by atoms with Gasteiger partial charge in [-0.05, 0) is 72.6 Å². The number of hydrogen-bond acceptors (Lipinski definition) is 12. The number of ether oxygens (including phenoxy) is 5. The summed E-state index contributed by atoms with van der Waals surface area (Å²) in [6, 6.07) is 0.775. The summed E-state index contributed by atoms with van der Waals surface area (Å²) in [4.78, 5) is 58.1. The number of benzene rings is 1. The first-order valence-corrected chi connectivity index (χ1v) is 16.7. The molecule has 1 aromatic rings. The molecule has 1 aliphatic carbocycles. The van der Waals surface area contributed by atoms with Crippen LogP contribution in [0.5, 0.6) is 11.5 Å². The van der Waals surface area contributed by atoms with Gasteiger partial charge in [-0.15, -0.1) is 0 Å². The second kappa shape index (κ2) is 14.0. The van der Waals surface area contributed by atoms with Gasteiger partial charge in [-0.3, -0.25) is 24.2 Å². The van der Waals surface area contributed by atoms with Crippen molar-refractivity contribution in [2.75, 3.05) is 41.7 Å². The first-order chi connectivity index (χ1) is 23.6. The maximum Gasteiger partial charge on any atom is 0.408 e. The molecule has 3 heterocycles. The van der Waals surface area contributed by atoms with Gasteiger partial charge < -0.3 is 34.3 Å². The zero-order chi connectivity index (χ0) is 36.8. The Morgan fingerprint density at radius 2 is 1.76 bits per heavy atom.